The Bertz CT molecular complexity index is 627. The number of aryl methyl sites for hydroxylation is 1. The number of carbonyl (C=O) groups is 1. The van der Waals surface area contributed by atoms with E-state index in [-0.39, 0.29) is 12.1 Å². The van der Waals surface area contributed by atoms with Gasteiger partial charge in [0.2, 0.25) is 0 Å². The summed E-state index contributed by atoms with van der Waals surface area (Å²) >= 11 is 1.57. The van der Waals surface area contributed by atoms with Crippen molar-refractivity contribution in [2.75, 3.05) is 24.3 Å². The van der Waals surface area contributed by atoms with E-state index in [1.54, 1.807) is 23.7 Å². The molecule has 7 nitrogen and oxygen atoms in total. The third kappa shape index (κ3) is 3.88. The van der Waals surface area contributed by atoms with Crippen LogP contribution in [0.1, 0.15) is 22.9 Å². The van der Waals surface area contributed by atoms with Gasteiger partial charge in [-0.15, -0.1) is 11.3 Å². The SMILES string of the molecule is Cc1cnc([C@H](C)NC(=O)Nc2cncnc2N(C)C)s1. The van der Waals surface area contributed by atoms with E-state index in [0.717, 1.165) is 9.88 Å². The van der Waals surface area contributed by atoms with Crippen LogP contribution in [0, 0.1) is 6.92 Å². The third-order valence-corrected chi connectivity index (χ3v) is 3.82. The summed E-state index contributed by atoms with van der Waals surface area (Å²) in [5.74, 6) is 0.651. The van der Waals surface area contributed by atoms with Crippen LogP contribution in [0.3, 0.4) is 0 Å². The molecule has 2 amide bonds. The second-order valence-corrected chi connectivity index (χ2v) is 6.05. The molecule has 0 aliphatic carbocycles. The summed E-state index contributed by atoms with van der Waals surface area (Å²) < 4.78 is 0. The zero-order valence-corrected chi connectivity index (χ0v) is 13.2. The summed E-state index contributed by atoms with van der Waals surface area (Å²) in [5, 5.41) is 6.48. The lowest BCUT2D eigenvalue weighted by Gasteiger charge is -2.17. The molecule has 2 aromatic rings. The Balaban J connectivity index is 2.02. The van der Waals surface area contributed by atoms with E-state index in [0.29, 0.717) is 11.5 Å². The van der Waals surface area contributed by atoms with Gasteiger partial charge >= 0.3 is 6.03 Å². The number of carbonyl (C=O) groups excluding carboxylic acids is 1. The first-order valence-electron chi connectivity index (χ1n) is 6.44. The molecule has 2 N–H and O–H groups in total. The molecule has 2 heterocycles. The van der Waals surface area contributed by atoms with Gasteiger partial charge in [0, 0.05) is 25.2 Å². The Morgan fingerprint density at radius 3 is 2.71 bits per heavy atom. The van der Waals surface area contributed by atoms with Gasteiger partial charge < -0.3 is 15.5 Å². The highest BCUT2D eigenvalue weighted by atomic mass is 32.1. The van der Waals surface area contributed by atoms with E-state index in [2.05, 4.69) is 25.6 Å². The molecular formula is C13H18N6OS. The van der Waals surface area contributed by atoms with Crippen molar-refractivity contribution in [1.29, 1.82) is 0 Å². The zero-order valence-electron chi connectivity index (χ0n) is 12.4. The highest BCUT2D eigenvalue weighted by molar-refractivity contribution is 7.11. The minimum atomic E-state index is -0.312. The Labute approximate surface area is 127 Å². The monoisotopic (exact) mass is 306 g/mol. The summed E-state index contributed by atoms with van der Waals surface area (Å²) in [6.45, 7) is 3.88. The van der Waals surface area contributed by atoms with Gasteiger partial charge in [-0.25, -0.2) is 19.7 Å². The molecule has 0 saturated carbocycles. The molecule has 0 aromatic carbocycles. The normalized spacial score (nSPS) is 11.8. The molecule has 0 aliphatic heterocycles. The van der Waals surface area contributed by atoms with Crippen LogP contribution in [-0.4, -0.2) is 35.1 Å². The van der Waals surface area contributed by atoms with Crippen LogP contribution in [-0.2, 0) is 0 Å². The van der Waals surface area contributed by atoms with Gasteiger partial charge in [-0.3, -0.25) is 0 Å². The van der Waals surface area contributed by atoms with Crippen molar-refractivity contribution in [2.45, 2.75) is 19.9 Å². The van der Waals surface area contributed by atoms with Crippen molar-refractivity contribution in [2.24, 2.45) is 0 Å². The molecule has 1 atom stereocenters. The first-order chi connectivity index (χ1) is 9.97. The highest BCUT2D eigenvalue weighted by Gasteiger charge is 2.14. The predicted octanol–water partition coefficient (Wildman–Crippen LogP) is 2.19. The van der Waals surface area contributed by atoms with E-state index < -0.39 is 0 Å². The van der Waals surface area contributed by atoms with Crippen LogP contribution in [0.15, 0.2) is 18.7 Å². The second-order valence-electron chi connectivity index (χ2n) is 4.78. The first kappa shape index (κ1) is 15.2. The van der Waals surface area contributed by atoms with Crippen LogP contribution < -0.4 is 15.5 Å². The van der Waals surface area contributed by atoms with Gasteiger partial charge in [0.05, 0.1) is 12.2 Å². The molecule has 2 rings (SSSR count). The average molecular weight is 306 g/mol. The van der Waals surface area contributed by atoms with E-state index in [1.807, 2.05) is 32.8 Å². The fraction of sp³-hybridized carbons (Fsp3) is 0.385. The fourth-order valence-corrected chi connectivity index (χ4v) is 2.53. The summed E-state index contributed by atoms with van der Waals surface area (Å²) in [5.41, 5.74) is 0.558. The summed E-state index contributed by atoms with van der Waals surface area (Å²) in [6, 6.07) is -0.468. The van der Waals surface area contributed by atoms with Crippen molar-refractivity contribution in [3.05, 3.63) is 28.6 Å². The first-order valence-corrected chi connectivity index (χ1v) is 7.26. The number of thiazole rings is 1. The molecule has 2 aromatic heterocycles. The molecule has 0 radical (unpaired) electrons. The number of amides is 2. The van der Waals surface area contributed by atoms with Crippen molar-refractivity contribution < 1.29 is 4.79 Å². The van der Waals surface area contributed by atoms with E-state index in [9.17, 15) is 4.79 Å². The van der Waals surface area contributed by atoms with Crippen molar-refractivity contribution in [1.82, 2.24) is 20.3 Å². The van der Waals surface area contributed by atoms with E-state index in [4.69, 9.17) is 0 Å². The lowest BCUT2D eigenvalue weighted by atomic mass is 10.3. The fourth-order valence-electron chi connectivity index (χ4n) is 1.76. The number of rotatable bonds is 4. The summed E-state index contributed by atoms with van der Waals surface area (Å²) in [7, 11) is 3.71. The van der Waals surface area contributed by atoms with Crippen LogP contribution in [0.2, 0.25) is 0 Å². The van der Waals surface area contributed by atoms with Crippen molar-refractivity contribution in [3.63, 3.8) is 0 Å². The molecule has 0 bridgehead atoms. The minimum Gasteiger partial charge on any atom is -0.361 e. The molecule has 112 valence electrons. The number of nitrogens with one attached hydrogen (secondary N) is 2. The topological polar surface area (TPSA) is 83.0 Å². The largest absolute Gasteiger partial charge is 0.361 e. The minimum absolute atomic E-state index is 0.156. The maximum atomic E-state index is 12.1. The molecule has 0 aliphatic rings. The molecule has 0 unspecified atom stereocenters. The van der Waals surface area contributed by atoms with Gasteiger partial charge in [0.15, 0.2) is 5.82 Å². The van der Waals surface area contributed by atoms with E-state index >= 15 is 0 Å². The second kappa shape index (κ2) is 6.49. The molecule has 8 heteroatoms. The van der Waals surface area contributed by atoms with Crippen molar-refractivity contribution in [3.8, 4) is 0 Å². The van der Waals surface area contributed by atoms with Gasteiger partial charge in [-0.1, -0.05) is 0 Å². The maximum absolute atomic E-state index is 12.1. The van der Waals surface area contributed by atoms with Gasteiger partial charge in [0.1, 0.15) is 17.0 Å². The van der Waals surface area contributed by atoms with Gasteiger partial charge in [0.25, 0.3) is 0 Å². The van der Waals surface area contributed by atoms with Gasteiger partial charge in [-0.05, 0) is 13.8 Å². The Morgan fingerprint density at radius 2 is 2.10 bits per heavy atom. The standard InChI is InChI=1S/C13H18N6OS/c1-8-5-15-12(21-8)9(2)17-13(20)18-10-6-14-7-16-11(10)19(3)4/h5-7,9H,1-4H3,(H2,17,18,20)/t9-/m0/s1. The lowest BCUT2D eigenvalue weighted by molar-refractivity contribution is 0.249. The van der Waals surface area contributed by atoms with Crippen LogP contribution in [0.5, 0.6) is 0 Å². The number of urea groups is 1. The Kier molecular flexibility index (Phi) is 4.69. The summed E-state index contributed by atoms with van der Waals surface area (Å²) in [4.78, 5) is 27.3. The maximum Gasteiger partial charge on any atom is 0.319 e. The number of hydrogen-bond acceptors (Lipinski definition) is 6. The molecule has 0 fully saturated rings. The Hall–Kier alpha value is -2.22. The number of aromatic nitrogens is 3. The van der Waals surface area contributed by atoms with E-state index in [1.165, 1.54) is 6.33 Å². The highest BCUT2D eigenvalue weighted by Crippen LogP contribution is 2.21. The van der Waals surface area contributed by atoms with Crippen LogP contribution in [0.25, 0.3) is 0 Å². The third-order valence-electron chi connectivity index (χ3n) is 2.72. The Morgan fingerprint density at radius 1 is 1.33 bits per heavy atom. The van der Waals surface area contributed by atoms with Gasteiger partial charge in [-0.2, -0.15) is 0 Å². The average Bonchev–Trinajstić information content (AvgIpc) is 2.85. The van der Waals surface area contributed by atoms with Crippen molar-refractivity contribution >= 4 is 28.9 Å². The lowest BCUT2D eigenvalue weighted by Crippen LogP contribution is -2.31. The number of hydrogen-bond donors (Lipinski definition) is 2. The number of nitrogens with zero attached hydrogens (tertiary/aromatic N) is 4. The predicted molar refractivity (Wildman–Crippen MR) is 83.8 cm³/mol. The molecule has 0 saturated heterocycles. The quantitative estimate of drug-likeness (QED) is 0.904. The molecule has 0 spiro atoms. The summed E-state index contributed by atoms with van der Waals surface area (Å²) in [6.07, 6.45) is 4.81. The zero-order chi connectivity index (χ0) is 15.4. The number of anilines is 2. The van der Waals surface area contributed by atoms with Crippen LogP contribution >= 0.6 is 11.3 Å². The molecular weight excluding hydrogens is 288 g/mol. The molecule has 21 heavy (non-hydrogen) atoms. The smallest absolute Gasteiger partial charge is 0.319 e. The van der Waals surface area contributed by atoms with Crippen LogP contribution in [0.4, 0.5) is 16.3 Å².